The predicted molar refractivity (Wildman–Crippen MR) is 255 cm³/mol. The van der Waals surface area contributed by atoms with Gasteiger partial charge in [0, 0.05) is 42.8 Å². The van der Waals surface area contributed by atoms with Crippen LogP contribution in [0.1, 0.15) is 59.9 Å². The van der Waals surface area contributed by atoms with Gasteiger partial charge in [-0.3, -0.25) is 28.8 Å². The van der Waals surface area contributed by atoms with Crippen LogP contribution >= 0.6 is 0 Å². The van der Waals surface area contributed by atoms with E-state index in [-0.39, 0.29) is 32.1 Å². The number of rotatable bonds is 26. The van der Waals surface area contributed by atoms with Crippen LogP contribution in [0.5, 0.6) is 0 Å². The number of carbonyl (C=O) groups is 6. The zero-order chi connectivity index (χ0) is 47.4. The van der Waals surface area contributed by atoms with Gasteiger partial charge in [-0.25, -0.2) is 0 Å². The molecule has 0 aliphatic rings. The van der Waals surface area contributed by atoms with E-state index >= 15 is 0 Å². The molecule has 14 N–H and O–H groups in total. The van der Waals surface area contributed by atoms with Crippen molar-refractivity contribution >= 4 is 46.3 Å². The highest BCUT2D eigenvalue weighted by Crippen LogP contribution is 2.20. The molecular weight excluding hydrogens is 837 g/mol. The van der Waals surface area contributed by atoms with Crippen LogP contribution in [0.2, 0.25) is 0 Å². The van der Waals surface area contributed by atoms with Gasteiger partial charge in [-0.2, -0.15) is 0 Å². The zero-order valence-electron chi connectivity index (χ0n) is 37.5. The van der Waals surface area contributed by atoms with Crippen molar-refractivity contribution in [2.75, 3.05) is 13.1 Å². The number of primary amides is 1. The highest BCUT2D eigenvalue weighted by Gasteiger charge is 2.33. The first-order valence-electron chi connectivity index (χ1n) is 22.5. The number of fused-ring (bicyclic) bond motifs is 1. The van der Waals surface area contributed by atoms with E-state index in [1.807, 2.05) is 104 Å². The Morgan fingerprint density at radius 1 is 0.500 bits per heavy atom. The van der Waals surface area contributed by atoms with Crippen molar-refractivity contribution in [1.29, 1.82) is 0 Å². The maximum absolute atomic E-state index is 14.7. The number of carbonyl (C=O) groups excluding carboxylic acids is 6. The van der Waals surface area contributed by atoms with Gasteiger partial charge in [0.25, 0.3) is 0 Å². The largest absolute Gasteiger partial charge is 0.368 e. The van der Waals surface area contributed by atoms with Crippen LogP contribution in [0.3, 0.4) is 0 Å². The molecule has 0 aliphatic heterocycles. The lowest BCUT2D eigenvalue weighted by Gasteiger charge is -2.27. The molecule has 350 valence electrons. The molecule has 0 spiro atoms. The number of nitrogens with two attached hydrogens (primary N) is 4. The molecule has 66 heavy (non-hydrogen) atoms. The van der Waals surface area contributed by atoms with Gasteiger partial charge >= 0.3 is 0 Å². The van der Waals surface area contributed by atoms with Crippen LogP contribution < -0.4 is 49.5 Å². The molecule has 1 aromatic heterocycles. The molecule has 0 radical (unpaired) electrons. The molecule has 0 fully saturated rings. The Bertz CT molecular complexity index is 2360. The third kappa shape index (κ3) is 15.4. The van der Waals surface area contributed by atoms with Gasteiger partial charge in [-0.1, -0.05) is 109 Å². The molecule has 5 aromatic rings. The summed E-state index contributed by atoms with van der Waals surface area (Å²) >= 11 is 0. The third-order valence-electron chi connectivity index (χ3n) is 11.4. The van der Waals surface area contributed by atoms with Crippen LogP contribution in [0, 0.1) is 6.92 Å². The first kappa shape index (κ1) is 50.1. The van der Waals surface area contributed by atoms with Gasteiger partial charge in [0.1, 0.15) is 30.2 Å². The maximum Gasteiger partial charge on any atom is 0.243 e. The number of unbranched alkanes of at least 4 members (excludes halogenated alkanes) is 1. The van der Waals surface area contributed by atoms with E-state index < -0.39 is 71.7 Å². The second kappa shape index (κ2) is 25.6. The van der Waals surface area contributed by atoms with Crippen LogP contribution in [0.4, 0.5) is 0 Å². The molecule has 4 aromatic carbocycles. The van der Waals surface area contributed by atoms with Crippen LogP contribution in [-0.4, -0.2) is 89.8 Å². The quantitative estimate of drug-likeness (QED) is 0.0362. The number of hydrogen-bond donors (Lipinski definition) is 10. The molecule has 1 heterocycles. The summed E-state index contributed by atoms with van der Waals surface area (Å²) in [6, 6.07) is 26.4. The maximum atomic E-state index is 14.7. The van der Waals surface area contributed by atoms with Crippen molar-refractivity contribution in [3.8, 4) is 0 Å². The van der Waals surface area contributed by atoms with Crippen molar-refractivity contribution in [1.82, 2.24) is 31.6 Å². The number of aromatic nitrogens is 1. The van der Waals surface area contributed by atoms with Crippen molar-refractivity contribution in [2.45, 2.75) is 101 Å². The average Bonchev–Trinajstić information content (AvgIpc) is 3.73. The number of benzene rings is 4. The number of aromatic amines is 1. The second-order valence-electron chi connectivity index (χ2n) is 16.7. The minimum atomic E-state index is -1.25. The van der Waals surface area contributed by atoms with E-state index in [1.54, 1.807) is 18.3 Å². The van der Waals surface area contributed by atoms with Gasteiger partial charge < -0.3 is 54.5 Å². The van der Waals surface area contributed by atoms with Crippen molar-refractivity contribution in [3.63, 3.8) is 0 Å². The molecule has 6 amide bonds. The first-order valence-corrected chi connectivity index (χ1v) is 22.5. The van der Waals surface area contributed by atoms with Crippen molar-refractivity contribution < 1.29 is 28.8 Å². The highest BCUT2D eigenvalue weighted by molar-refractivity contribution is 5.97. The lowest BCUT2D eigenvalue weighted by molar-refractivity contribution is -0.135. The Balaban J connectivity index is 1.45. The Kier molecular flexibility index (Phi) is 19.4. The molecule has 0 unspecified atom stereocenters. The number of aryl methyl sites for hydroxylation is 1. The molecule has 0 saturated heterocycles. The van der Waals surface area contributed by atoms with Gasteiger partial charge in [0.2, 0.25) is 35.4 Å². The molecule has 16 heteroatoms. The molecule has 16 nitrogen and oxygen atoms in total. The fourth-order valence-electron chi connectivity index (χ4n) is 7.63. The molecule has 6 atom stereocenters. The molecule has 0 aliphatic carbocycles. The Labute approximate surface area is 385 Å². The van der Waals surface area contributed by atoms with E-state index in [9.17, 15) is 28.8 Å². The summed E-state index contributed by atoms with van der Waals surface area (Å²) in [5.41, 5.74) is 28.0. The summed E-state index contributed by atoms with van der Waals surface area (Å²) in [6.07, 6.45) is 4.19. The van der Waals surface area contributed by atoms with E-state index in [0.717, 1.165) is 33.2 Å². The van der Waals surface area contributed by atoms with Gasteiger partial charge in [-0.15, -0.1) is 0 Å². The average molecular weight is 901 g/mol. The molecule has 0 bridgehead atoms. The fraction of sp³-hybridized carbons (Fsp3) is 0.360. The second-order valence-corrected chi connectivity index (χ2v) is 16.7. The minimum Gasteiger partial charge on any atom is -0.368 e. The van der Waals surface area contributed by atoms with Crippen molar-refractivity contribution in [3.05, 3.63) is 143 Å². The number of nitrogens with one attached hydrogen (secondary N) is 6. The van der Waals surface area contributed by atoms with Crippen LogP contribution in [0.15, 0.2) is 115 Å². The molecular formula is C50H64N10O6. The smallest absolute Gasteiger partial charge is 0.243 e. The summed E-state index contributed by atoms with van der Waals surface area (Å²) in [4.78, 5) is 86.8. The van der Waals surface area contributed by atoms with Crippen LogP contribution in [0.25, 0.3) is 10.9 Å². The summed E-state index contributed by atoms with van der Waals surface area (Å²) in [5.74, 6) is -3.92. The number of H-pyrrole nitrogens is 1. The fourth-order valence-corrected chi connectivity index (χ4v) is 7.63. The minimum absolute atomic E-state index is 0.0203. The Morgan fingerprint density at radius 2 is 0.939 bits per heavy atom. The molecule has 0 saturated carbocycles. The van der Waals surface area contributed by atoms with Crippen LogP contribution in [-0.2, 0) is 54.5 Å². The van der Waals surface area contributed by atoms with E-state index in [0.29, 0.717) is 44.3 Å². The third-order valence-corrected chi connectivity index (χ3v) is 11.4. The van der Waals surface area contributed by atoms with Gasteiger partial charge in [0.05, 0.1) is 6.04 Å². The van der Waals surface area contributed by atoms with Gasteiger partial charge in [0.15, 0.2) is 0 Å². The number of para-hydroxylation sites is 1. The topological polar surface area (TPSA) is 282 Å². The molecule has 5 rings (SSSR count). The van der Waals surface area contributed by atoms with Gasteiger partial charge in [-0.05, 0) is 80.4 Å². The summed E-state index contributed by atoms with van der Waals surface area (Å²) < 4.78 is 0. The van der Waals surface area contributed by atoms with Crippen molar-refractivity contribution in [2.24, 2.45) is 22.9 Å². The zero-order valence-corrected chi connectivity index (χ0v) is 37.5. The normalized spacial score (nSPS) is 13.9. The Hall–Kier alpha value is -6.88. The van der Waals surface area contributed by atoms with E-state index in [1.165, 1.54) is 0 Å². The lowest BCUT2D eigenvalue weighted by Crippen LogP contribution is -2.60. The summed E-state index contributed by atoms with van der Waals surface area (Å²) in [6.45, 7) is 2.67. The monoisotopic (exact) mass is 901 g/mol. The SMILES string of the molecule is Cc1ccc(C[C@H](NC(=O)[C@@H](Cc2ccccc2)NC(=O)[C@@H](Cc2c[nH]c3ccccc23)NC(=O)[C@@H](N)CCCN)C(=O)N[C@H](Cc2ccccc2)C(=O)N[C@H](CCCCN)C(N)=O)cc1. The van der Waals surface area contributed by atoms with E-state index in [4.69, 9.17) is 22.9 Å². The predicted octanol–water partition coefficient (Wildman–Crippen LogP) is 1.85. The highest BCUT2D eigenvalue weighted by atomic mass is 16.2. The number of amides is 6. The summed E-state index contributed by atoms with van der Waals surface area (Å²) in [5, 5.41) is 15.0. The summed E-state index contributed by atoms with van der Waals surface area (Å²) in [7, 11) is 0. The lowest BCUT2D eigenvalue weighted by atomic mass is 9.99. The standard InChI is InChI=1S/C50H64N10O6/c1-32-21-23-35(24-22-32)29-43(49(65)58-41(27-33-13-4-2-5-14-33)47(63)56-40(45(54)61)20-10-11-25-51)59-48(64)42(28-34-15-6-3-7-16-34)60-50(66)44(57-46(62)38(53)18-12-26-52)30-36-31-55-39-19-9-8-17-37(36)39/h2-9,13-17,19,21-24,31,38,40-44,55H,10-12,18,20,25-30,51-53H2,1H3,(H2,54,61)(H,56,63)(H,57,62)(H,58,65)(H,59,64)(H,60,66)/t38-,40+,41+,42+,43-,44+/m0/s1. The van der Waals surface area contributed by atoms with E-state index in [2.05, 4.69) is 31.6 Å². The number of hydrogen-bond acceptors (Lipinski definition) is 9. The Morgan fingerprint density at radius 3 is 1.44 bits per heavy atom. The first-order chi connectivity index (χ1) is 31.8.